The summed E-state index contributed by atoms with van der Waals surface area (Å²) in [6.45, 7) is 11.6. The zero-order valence-corrected chi connectivity index (χ0v) is 20.5. The molecule has 5 heteroatoms. The fourth-order valence-corrected chi connectivity index (χ4v) is 7.60. The first-order chi connectivity index (χ1) is 15.7. The van der Waals surface area contributed by atoms with Crippen LogP contribution in [0, 0.1) is 29.1 Å². The number of alkyl halides is 2. The van der Waals surface area contributed by atoms with Crippen molar-refractivity contribution >= 4 is 0 Å². The van der Waals surface area contributed by atoms with Gasteiger partial charge in [-0.3, -0.25) is 0 Å². The SMILES string of the molecule is C=C1/C(=C\C=C2/CCC[C@]3(C)[C@@H](C(C)CN4CCC(C(F)F)CC4)CC[C@@H]23)C[C@@H](O)C[C@@H]1O. The largest absolute Gasteiger partial charge is 0.393 e. The van der Waals surface area contributed by atoms with Gasteiger partial charge in [-0.05, 0) is 98.8 Å². The lowest BCUT2D eigenvalue weighted by Crippen LogP contribution is -2.42. The van der Waals surface area contributed by atoms with Crippen molar-refractivity contribution in [1.82, 2.24) is 4.90 Å². The molecular weight excluding hydrogens is 420 g/mol. The van der Waals surface area contributed by atoms with E-state index in [1.807, 2.05) is 0 Å². The van der Waals surface area contributed by atoms with Gasteiger partial charge in [0.1, 0.15) is 0 Å². The van der Waals surface area contributed by atoms with E-state index in [-0.39, 0.29) is 0 Å². The van der Waals surface area contributed by atoms with Crippen LogP contribution < -0.4 is 0 Å². The van der Waals surface area contributed by atoms with Gasteiger partial charge in [0, 0.05) is 18.9 Å². The fraction of sp³-hybridized carbons (Fsp3) is 0.786. The maximum absolute atomic E-state index is 13.0. The van der Waals surface area contributed by atoms with Gasteiger partial charge in [-0.2, -0.15) is 0 Å². The molecule has 33 heavy (non-hydrogen) atoms. The molecule has 4 fully saturated rings. The molecule has 1 aliphatic heterocycles. The lowest BCUT2D eigenvalue weighted by Gasteiger charge is -2.45. The van der Waals surface area contributed by atoms with Crippen LogP contribution in [0.1, 0.15) is 71.6 Å². The summed E-state index contributed by atoms with van der Waals surface area (Å²) >= 11 is 0. The van der Waals surface area contributed by atoms with Crippen LogP contribution in [0.25, 0.3) is 0 Å². The highest BCUT2D eigenvalue weighted by Gasteiger charge is 2.50. The summed E-state index contributed by atoms with van der Waals surface area (Å²) in [4.78, 5) is 2.43. The molecule has 4 rings (SSSR count). The van der Waals surface area contributed by atoms with Crippen molar-refractivity contribution in [3.05, 3.63) is 35.5 Å². The number of allylic oxidation sites excluding steroid dienone is 3. The van der Waals surface area contributed by atoms with Crippen molar-refractivity contribution in [2.75, 3.05) is 19.6 Å². The van der Waals surface area contributed by atoms with Crippen LogP contribution in [0.4, 0.5) is 8.78 Å². The van der Waals surface area contributed by atoms with Crippen molar-refractivity contribution in [3.8, 4) is 0 Å². The van der Waals surface area contributed by atoms with Crippen LogP contribution in [0.15, 0.2) is 35.5 Å². The van der Waals surface area contributed by atoms with Gasteiger partial charge in [0.2, 0.25) is 6.43 Å². The maximum Gasteiger partial charge on any atom is 0.241 e. The maximum atomic E-state index is 13.0. The van der Waals surface area contributed by atoms with E-state index in [0.717, 1.165) is 37.2 Å². The molecule has 0 spiro atoms. The Bertz CT molecular complexity index is 770. The lowest BCUT2D eigenvalue weighted by atomic mass is 9.61. The van der Waals surface area contributed by atoms with Crippen LogP contribution in [0.2, 0.25) is 0 Å². The average molecular weight is 464 g/mol. The Kier molecular flexibility index (Phi) is 7.82. The first-order valence-electron chi connectivity index (χ1n) is 13.1. The number of hydrogen-bond acceptors (Lipinski definition) is 3. The smallest absolute Gasteiger partial charge is 0.241 e. The molecule has 0 amide bonds. The van der Waals surface area contributed by atoms with E-state index < -0.39 is 24.6 Å². The summed E-state index contributed by atoms with van der Waals surface area (Å²) in [7, 11) is 0. The standard InChI is InChI=1S/C28H43F2NO2/c1-18(17-31-13-10-21(11-14-31)27(29)30)24-8-9-25-20(5-4-12-28(24,25)3)6-7-22-15-23(32)16-26(33)19(22)2/h6-7,18,21,23-27,32-33H,2,4-5,8-17H2,1,3H3/b20-6+,22-7-/t18?,23-,24-,25+,26+,28-/m1/s1. The Balaban J connectivity index is 1.41. The van der Waals surface area contributed by atoms with E-state index in [2.05, 4.69) is 37.5 Å². The van der Waals surface area contributed by atoms with Gasteiger partial charge in [0.15, 0.2) is 0 Å². The molecule has 0 radical (unpaired) electrons. The topological polar surface area (TPSA) is 43.7 Å². The van der Waals surface area contributed by atoms with Crippen LogP contribution in [0.3, 0.4) is 0 Å². The minimum absolute atomic E-state index is 0.298. The normalized spacial score (nSPS) is 40.0. The molecule has 1 unspecified atom stereocenters. The predicted molar refractivity (Wildman–Crippen MR) is 129 cm³/mol. The summed E-state index contributed by atoms with van der Waals surface area (Å²) in [6, 6.07) is 0. The zero-order chi connectivity index (χ0) is 23.8. The second kappa shape index (κ2) is 10.3. The third kappa shape index (κ3) is 5.31. The van der Waals surface area contributed by atoms with Crippen molar-refractivity contribution in [1.29, 1.82) is 0 Å². The molecule has 1 heterocycles. The minimum atomic E-state index is -2.17. The average Bonchev–Trinajstić information content (AvgIpc) is 3.13. The molecule has 3 nitrogen and oxygen atoms in total. The van der Waals surface area contributed by atoms with Gasteiger partial charge in [0.05, 0.1) is 12.2 Å². The van der Waals surface area contributed by atoms with E-state index in [1.54, 1.807) is 0 Å². The van der Waals surface area contributed by atoms with Crippen LogP contribution in [-0.4, -0.2) is 53.4 Å². The summed E-state index contributed by atoms with van der Waals surface area (Å²) in [5.74, 6) is 1.42. The number of rotatable bonds is 5. The molecule has 3 aliphatic carbocycles. The molecule has 0 bridgehead atoms. The minimum Gasteiger partial charge on any atom is -0.393 e. The van der Waals surface area contributed by atoms with Crippen molar-refractivity contribution < 1.29 is 19.0 Å². The van der Waals surface area contributed by atoms with Gasteiger partial charge < -0.3 is 15.1 Å². The number of nitrogens with zero attached hydrogens (tertiary/aromatic N) is 1. The number of likely N-dealkylation sites (tertiary alicyclic amines) is 1. The second-order valence-electron chi connectivity index (χ2n) is 11.6. The Hall–Kier alpha value is -1.04. The molecule has 0 aromatic heterocycles. The number of piperidine rings is 1. The molecule has 0 aromatic rings. The first kappa shape index (κ1) is 25.1. The van der Waals surface area contributed by atoms with E-state index >= 15 is 0 Å². The lowest BCUT2D eigenvalue weighted by molar-refractivity contribution is 0.0227. The number of aliphatic hydroxyl groups is 2. The van der Waals surface area contributed by atoms with E-state index in [4.69, 9.17) is 0 Å². The fourth-order valence-electron chi connectivity index (χ4n) is 7.60. The quantitative estimate of drug-likeness (QED) is 0.546. The van der Waals surface area contributed by atoms with Gasteiger partial charge in [-0.1, -0.05) is 38.2 Å². The number of fused-ring (bicyclic) bond motifs is 1. The highest BCUT2D eigenvalue weighted by atomic mass is 19.3. The summed E-state index contributed by atoms with van der Waals surface area (Å²) in [5, 5.41) is 20.2. The Labute approximate surface area is 198 Å². The van der Waals surface area contributed by atoms with Crippen molar-refractivity contribution in [2.24, 2.45) is 29.1 Å². The van der Waals surface area contributed by atoms with E-state index in [1.165, 1.54) is 31.3 Å². The van der Waals surface area contributed by atoms with Crippen LogP contribution in [0.5, 0.6) is 0 Å². The Morgan fingerprint density at radius 1 is 1.15 bits per heavy atom. The van der Waals surface area contributed by atoms with Gasteiger partial charge in [-0.25, -0.2) is 8.78 Å². The monoisotopic (exact) mass is 463 g/mol. The van der Waals surface area contributed by atoms with Gasteiger partial charge >= 0.3 is 0 Å². The highest BCUT2D eigenvalue weighted by molar-refractivity contribution is 5.38. The molecule has 0 aromatic carbocycles. The predicted octanol–water partition coefficient (Wildman–Crippen LogP) is 5.74. The summed E-state index contributed by atoms with van der Waals surface area (Å²) in [5.41, 5.74) is 3.55. The first-order valence-corrected chi connectivity index (χ1v) is 13.1. The van der Waals surface area contributed by atoms with Crippen molar-refractivity contribution in [3.63, 3.8) is 0 Å². The molecule has 186 valence electrons. The molecule has 3 saturated carbocycles. The van der Waals surface area contributed by atoms with Crippen LogP contribution in [-0.2, 0) is 0 Å². The molecule has 2 N–H and O–H groups in total. The molecule has 1 saturated heterocycles. The Morgan fingerprint density at radius 2 is 1.88 bits per heavy atom. The third-order valence-electron chi connectivity index (χ3n) is 9.52. The summed E-state index contributed by atoms with van der Waals surface area (Å²) < 4.78 is 26.0. The van der Waals surface area contributed by atoms with E-state index in [9.17, 15) is 19.0 Å². The number of halogens is 2. The zero-order valence-electron chi connectivity index (χ0n) is 20.5. The molecule has 6 atom stereocenters. The summed E-state index contributed by atoms with van der Waals surface area (Å²) in [6.07, 6.45) is 9.36. The highest BCUT2D eigenvalue weighted by Crippen LogP contribution is 2.59. The number of hydrogen-bond donors (Lipinski definition) is 2. The van der Waals surface area contributed by atoms with Gasteiger partial charge in [-0.15, -0.1) is 0 Å². The number of aliphatic hydroxyl groups excluding tert-OH is 2. The molecular formula is C28H43F2NO2. The molecule has 4 aliphatic rings. The third-order valence-corrected chi connectivity index (χ3v) is 9.52. The van der Waals surface area contributed by atoms with E-state index in [0.29, 0.717) is 48.9 Å². The van der Waals surface area contributed by atoms with Crippen LogP contribution >= 0.6 is 0 Å². The van der Waals surface area contributed by atoms with Crippen molar-refractivity contribution in [2.45, 2.75) is 90.3 Å². The Morgan fingerprint density at radius 3 is 2.58 bits per heavy atom. The van der Waals surface area contributed by atoms with Gasteiger partial charge in [0.25, 0.3) is 0 Å². The second-order valence-corrected chi connectivity index (χ2v) is 11.6.